The third-order valence-electron chi connectivity index (χ3n) is 5.15. The van der Waals surface area contributed by atoms with Crippen molar-refractivity contribution in [3.05, 3.63) is 89.7 Å². The van der Waals surface area contributed by atoms with Gasteiger partial charge in [-0.3, -0.25) is 4.98 Å². The van der Waals surface area contributed by atoms with Crippen molar-refractivity contribution >= 4 is 12.1 Å². The molecule has 1 N–H and O–H groups in total. The van der Waals surface area contributed by atoms with Crippen LogP contribution < -0.4 is 5.32 Å². The van der Waals surface area contributed by atoms with Crippen LogP contribution in [0.2, 0.25) is 0 Å². The molecule has 1 atom stereocenters. The number of carbonyl (C=O) groups excluding carboxylic acids is 2. The smallest absolute Gasteiger partial charge is 0.408 e. The average molecular weight is 402 g/mol. The summed E-state index contributed by atoms with van der Waals surface area (Å²) in [6, 6.07) is 18.7. The summed E-state index contributed by atoms with van der Waals surface area (Å²) in [5, 5.41) is 2.61. The predicted molar refractivity (Wildman–Crippen MR) is 112 cm³/mol. The van der Waals surface area contributed by atoms with E-state index < -0.39 is 18.1 Å². The summed E-state index contributed by atoms with van der Waals surface area (Å²) >= 11 is 0. The molecule has 1 amide bonds. The number of ether oxygens (including phenoxy) is 2. The van der Waals surface area contributed by atoms with Gasteiger partial charge < -0.3 is 14.8 Å². The maximum atomic E-state index is 12.6. The summed E-state index contributed by atoms with van der Waals surface area (Å²) in [4.78, 5) is 28.9. The van der Waals surface area contributed by atoms with Gasteiger partial charge in [-0.25, -0.2) is 9.59 Å². The molecule has 1 heterocycles. The van der Waals surface area contributed by atoms with Crippen LogP contribution in [0, 0.1) is 0 Å². The number of fused-ring (bicyclic) bond motifs is 3. The summed E-state index contributed by atoms with van der Waals surface area (Å²) in [6.45, 7) is 2.09. The van der Waals surface area contributed by atoms with E-state index in [0.717, 1.165) is 22.3 Å². The summed E-state index contributed by atoms with van der Waals surface area (Å²) in [5.74, 6) is -0.610. The minimum atomic E-state index is -0.977. The Morgan fingerprint density at radius 3 is 2.23 bits per heavy atom. The van der Waals surface area contributed by atoms with Crippen molar-refractivity contribution < 1.29 is 19.1 Å². The van der Waals surface area contributed by atoms with E-state index in [4.69, 9.17) is 9.47 Å². The van der Waals surface area contributed by atoms with Crippen LogP contribution in [0.15, 0.2) is 73.1 Å². The number of pyridine rings is 1. The van der Waals surface area contributed by atoms with Gasteiger partial charge in [0.15, 0.2) is 6.04 Å². The molecule has 4 rings (SSSR count). The van der Waals surface area contributed by atoms with Crippen molar-refractivity contribution in [2.75, 3.05) is 13.2 Å². The second-order valence-electron chi connectivity index (χ2n) is 6.94. The number of carbonyl (C=O) groups is 2. The number of hydrogen-bond acceptors (Lipinski definition) is 5. The zero-order valence-corrected chi connectivity index (χ0v) is 16.6. The molecular formula is C24H22N2O4. The average Bonchev–Trinajstić information content (AvgIpc) is 3.10. The van der Waals surface area contributed by atoms with Crippen molar-refractivity contribution in [2.24, 2.45) is 0 Å². The Hall–Kier alpha value is -3.67. The summed E-state index contributed by atoms with van der Waals surface area (Å²) in [7, 11) is 0. The van der Waals surface area contributed by atoms with Crippen LogP contribution in [0.5, 0.6) is 0 Å². The topological polar surface area (TPSA) is 77.5 Å². The number of alkyl carbamates (subject to hydrolysis) is 1. The predicted octanol–water partition coefficient (Wildman–Crippen LogP) is 4.22. The van der Waals surface area contributed by atoms with Gasteiger partial charge in [0.05, 0.1) is 6.61 Å². The number of esters is 1. The van der Waals surface area contributed by atoms with E-state index in [2.05, 4.69) is 34.6 Å². The Labute approximate surface area is 174 Å². The molecule has 0 bridgehead atoms. The highest BCUT2D eigenvalue weighted by molar-refractivity contribution is 5.83. The zero-order valence-electron chi connectivity index (χ0n) is 16.6. The van der Waals surface area contributed by atoms with Gasteiger partial charge in [0.25, 0.3) is 0 Å². The lowest BCUT2D eigenvalue weighted by Crippen LogP contribution is -2.36. The Morgan fingerprint density at radius 2 is 1.63 bits per heavy atom. The molecule has 30 heavy (non-hydrogen) atoms. The molecule has 2 aromatic carbocycles. The lowest BCUT2D eigenvalue weighted by atomic mass is 9.98. The quantitative estimate of drug-likeness (QED) is 0.625. The van der Waals surface area contributed by atoms with Crippen molar-refractivity contribution in [1.29, 1.82) is 0 Å². The highest BCUT2D eigenvalue weighted by atomic mass is 16.6. The van der Waals surface area contributed by atoms with E-state index >= 15 is 0 Å². The third kappa shape index (κ3) is 3.89. The van der Waals surface area contributed by atoms with Crippen molar-refractivity contribution in [3.8, 4) is 11.1 Å². The summed E-state index contributed by atoms with van der Waals surface area (Å²) < 4.78 is 10.6. The fourth-order valence-electron chi connectivity index (χ4n) is 3.81. The van der Waals surface area contributed by atoms with Crippen molar-refractivity contribution in [3.63, 3.8) is 0 Å². The van der Waals surface area contributed by atoms with Gasteiger partial charge in [0, 0.05) is 23.9 Å². The Bertz CT molecular complexity index is 1010. The maximum Gasteiger partial charge on any atom is 0.408 e. The molecule has 6 heteroatoms. The SMILES string of the molecule is CCOC(=O)C(NC(=O)OCC1c2ccccc2-c2ccccc21)c1cccnc1. The van der Waals surface area contributed by atoms with Crippen LogP contribution in [0.25, 0.3) is 11.1 Å². The van der Waals surface area contributed by atoms with E-state index in [0.29, 0.717) is 5.56 Å². The first-order valence-corrected chi connectivity index (χ1v) is 9.87. The van der Waals surface area contributed by atoms with Crippen LogP contribution in [-0.4, -0.2) is 30.3 Å². The first kappa shape index (κ1) is 19.6. The zero-order chi connectivity index (χ0) is 20.9. The molecule has 1 unspecified atom stereocenters. The number of rotatable bonds is 6. The van der Waals surface area contributed by atoms with E-state index in [9.17, 15) is 9.59 Å². The number of amides is 1. The molecule has 0 fully saturated rings. The normalized spacial score (nSPS) is 13.1. The molecule has 6 nitrogen and oxygen atoms in total. The largest absolute Gasteiger partial charge is 0.464 e. The molecular weight excluding hydrogens is 380 g/mol. The van der Waals surface area contributed by atoms with Crippen LogP contribution in [0.1, 0.15) is 35.6 Å². The van der Waals surface area contributed by atoms with Gasteiger partial charge in [-0.15, -0.1) is 0 Å². The van der Waals surface area contributed by atoms with Gasteiger partial charge in [0.2, 0.25) is 0 Å². The first-order chi connectivity index (χ1) is 14.7. The minimum Gasteiger partial charge on any atom is -0.464 e. The van der Waals surface area contributed by atoms with Gasteiger partial charge in [-0.2, -0.15) is 0 Å². The molecule has 152 valence electrons. The lowest BCUT2D eigenvalue weighted by Gasteiger charge is -2.19. The number of nitrogens with one attached hydrogen (secondary N) is 1. The molecule has 3 aromatic rings. The van der Waals surface area contributed by atoms with E-state index in [1.807, 2.05) is 24.3 Å². The Kier molecular flexibility index (Phi) is 5.75. The van der Waals surface area contributed by atoms with E-state index in [1.54, 1.807) is 25.3 Å². The Morgan fingerprint density at radius 1 is 0.967 bits per heavy atom. The highest BCUT2D eigenvalue weighted by Crippen LogP contribution is 2.44. The standard InChI is InChI=1S/C24H22N2O4/c1-2-29-23(27)22(16-8-7-13-25-14-16)26-24(28)30-15-21-19-11-5-3-9-17(19)18-10-4-6-12-20(18)21/h3-14,21-22H,2,15H2,1H3,(H,26,28). The first-order valence-electron chi connectivity index (χ1n) is 9.87. The van der Waals surface area contributed by atoms with Crippen LogP contribution in [-0.2, 0) is 14.3 Å². The molecule has 1 aromatic heterocycles. The highest BCUT2D eigenvalue weighted by Gasteiger charge is 2.30. The number of aromatic nitrogens is 1. The third-order valence-corrected chi connectivity index (χ3v) is 5.15. The second-order valence-corrected chi connectivity index (χ2v) is 6.94. The Balaban J connectivity index is 1.48. The molecule has 0 aliphatic heterocycles. The van der Waals surface area contributed by atoms with Crippen molar-refractivity contribution in [2.45, 2.75) is 18.9 Å². The van der Waals surface area contributed by atoms with E-state index in [1.165, 1.54) is 6.20 Å². The summed E-state index contributed by atoms with van der Waals surface area (Å²) in [6.07, 6.45) is 2.43. The number of benzene rings is 2. The van der Waals surface area contributed by atoms with Crippen LogP contribution in [0.4, 0.5) is 4.79 Å². The molecule has 0 saturated carbocycles. The fraction of sp³-hybridized carbons (Fsp3) is 0.208. The van der Waals surface area contributed by atoms with Gasteiger partial charge in [0.1, 0.15) is 6.61 Å². The molecule has 1 aliphatic carbocycles. The second kappa shape index (κ2) is 8.78. The fourth-order valence-corrected chi connectivity index (χ4v) is 3.81. The van der Waals surface area contributed by atoms with Gasteiger partial charge >= 0.3 is 12.1 Å². The minimum absolute atomic E-state index is 0.0532. The monoisotopic (exact) mass is 402 g/mol. The number of hydrogen-bond donors (Lipinski definition) is 1. The van der Waals surface area contributed by atoms with Gasteiger partial charge in [-0.05, 0) is 35.2 Å². The summed E-state index contributed by atoms with van der Waals surface area (Å²) in [5.41, 5.74) is 5.09. The maximum absolute atomic E-state index is 12.6. The van der Waals surface area contributed by atoms with Gasteiger partial charge in [-0.1, -0.05) is 54.6 Å². The molecule has 0 spiro atoms. The van der Waals surface area contributed by atoms with Crippen LogP contribution >= 0.6 is 0 Å². The lowest BCUT2D eigenvalue weighted by molar-refractivity contribution is -0.145. The van der Waals surface area contributed by atoms with Crippen molar-refractivity contribution in [1.82, 2.24) is 10.3 Å². The van der Waals surface area contributed by atoms with E-state index in [-0.39, 0.29) is 19.1 Å². The molecule has 0 radical (unpaired) electrons. The number of nitrogens with zero attached hydrogens (tertiary/aromatic N) is 1. The van der Waals surface area contributed by atoms with Crippen LogP contribution in [0.3, 0.4) is 0 Å². The molecule has 1 aliphatic rings. The molecule has 0 saturated heterocycles.